The predicted octanol–water partition coefficient (Wildman–Crippen LogP) is 0.783. The molecule has 0 radical (unpaired) electrons. The first-order valence-corrected chi connectivity index (χ1v) is 4.52. The molecule has 1 atom stereocenters. The Hall–Kier alpha value is -1.26. The van der Waals surface area contributed by atoms with Crippen molar-refractivity contribution >= 4 is 0 Å². The van der Waals surface area contributed by atoms with Gasteiger partial charge in [-0.25, -0.2) is 0 Å². The summed E-state index contributed by atoms with van der Waals surface area (Å²) in [6.45, 7) is 2.45. The minimum Gasteiger partial charge on any atom is -0.508 e. The highest BCUT2D eigenvalue weighted by Gasteiger charge is 2.12. The third kappa shape index (κ3) is 2.37. The molecule has 1 rings (SSSR count). The summed E-state index contributed by atoms with van der Waals surface area (Å²) in [6, 6.07) is 4.58. The van der Waals surface area contributed by atoms with E-state index in [1.807, 2.05) is 6.92 Å². The topological polar surface area (TPSA) is 75.7 Å². The molecule has 0 saturated heterocycles. The van der Waals surface area contributed by atoms with Crippen molar-refractivity contribution < 1.29 is 14.9 Å². The first kappa shape index (κ1) is 10.8. The SMILES string of the molecule is CCOc1cc(O)ccc1C(O)CN. The van der Waals surface area contributed by atoms with Gasteiger partial charge in [-0.2, -0.15) is 0 Å². The molecule has 0 saturated carbocycles. The molecule has 0 heterocycles. The van der Waals surface area contributed by atoms with Crippen LogP contribution < -0.4 is 10.5 Å². The molecular weight excluding hydrogens is 182 g/mol. The smallest absolute Gasteiger partial charge is 0.128 e. The maximum atomic E-state index is 9.54. The first-order valence-electron chi connectivity index (χ1n) is 4.52. The molecule has 0 fully saturated rings. The van der Waals surface area contributed by atoms with E-state index < -0.39 is 6.10 Å². The molecule has 0 aliphatic carbocycles. The predicted molar refractivity (Wildman–Crippen MR) is 53.3 cm³/mol. The summed E-state index contributed by atoms with van der Waals surface area (Å²) in [6.07, 6.45) is -0.753. The Labute approximate surface area is 82.9 Å². The standard InChI is InChI=1S/C10H15NO3/c1-2-14-10-5-7(12)3-4-8(10)9(13)6-11/h3-5,9,12-13H,2,6,11H2,1H3. The van der Waals surface area contributed by atoms with Gasteiger partial charge in [-0.15, -0.1) is 0 Å². The zero-order valence-corrected chi connectivity index (χ0v) is 8.10. The molecular formula is C10H15NO3. The van der Waals surface area contributed by atoms with Gasteiger partial charge in [-0.05, 0) is 19.1 Å². The molecule has 0 amide bonds. The summed E-state index contributed by atoms with van der Waals surface area (Å²) in [5.41, 5.74) is 5.94. The van der Waals surface area contributed by atoms with Crippen LogP contribution >= 0.6 is 0 Å². The van der Waals surface area contributed by atoms with E-state index in [9.17, 15) is 10.2 Å². The fourth-order valence-electron chi connectivity index (χ4n) is 1.21. The molecule has 1 unspecified atom stereocenters. The maximum Gasteiger partial charge on any atom is 0.128 e. The third-order valence-corrected chi connectivity index (χ3v) is 1.88. The van der Waals surface area contributed by atoms with E-state index in [4.69, 9.17) is 10.5 Å². The summed E-state index contributed by atoms with van der Waals surface area (Å²) in [7, 11) is 0. The first-order chi connectivity index (χ1) is 6.69. The van der Waals surface area contributed by atoms with Crippen LogP contribution in [0.3, 0.4) is 0 Å². The van der Waals surface area contributed by atoms with Crippen molar-refractivity contribution in [3.8, 4) is 11.5 Å². The fraction of sp³-hybridized carbons (Fsp3) is 0.400. The number of nitrogens with two attached hydrogens (primary N) is 1. The van der Waals surface area contributed by atoms with E-state index in [1.165, 1.54) is 12.1 Å². The number of hydrogen-bond donors (Lipinski definition) is 3. The quantitative estimate of drug-likeness (QED) is 0.666. The minimum absolute atomic E-state index is 0.112. The molecule has 4 heteroatoms. The van der Waals surface area contributed by atoms with Gasteiger partial charge in [-0.1, -0.05) is 0 Å². The number of hydrogen-bond acceptors (Lipinski definition) is 4. The lowest BCUT2D eigenvalue weighted by atomic mass is 10.1. The Morgan fingerprint density at radius 3 is 2.79 bits per heavy atom. The normalized spacial score (nSPS) is 12.5. The van der Waals surface area contributed by atoms with Gasteiger partial charge in [0, 0.05) is 18.2 Å². The zero-order chi connectivity index (χ0) is 10.6. The van der Waals surface area contributed by atoms with E-state index in [2.05, 4.69) is 0 Å². The van der Waals surface area contributed by atoms with Crippen molar-refractivity contribution in [2.75, 3.05) is 13.2 Å². The van der Waals surface area contributed by atoms with Crippen LogP contribution in [0.15, 0.2) is 18.2 Å². The van der Waals surface area contributed by atoms with Gasteiger partial charge in [0.25, 0.3) is 0 Å². The second-order valence-corrected chi connectivity index (χ2v) is 2.91. The van der Waals surface area contributed by atoms with Gasteiger partial charge >= 0.3 is 0 Å². The van der Waals surface area contributed by atoms with Crippen LogP contribution in [0, 0.1) is 0 Å². The number of aliphatic hydroxyl groups is 1. The van der Waals surface area contributed by atoms with Crippen molar-refractivity contribution in [2.24, 2.45) is 5.73 Å². The van der Waals surface area contributed by atoms with Crippen molar-refractivity contribution in [3.63, 3.8) is 0 Å². The number of ether oxygens (including phenoxy) is 1. The summed E-state index contributed by atoms with van der Waals surface area (Å²) >= 11 is 0. The van der Waals surface area contributed by atoms with Crippen LogP contribution in [0.5, 0.6) is 11.5 Å². The molecule has 0 aliphatic heterocycles. The van der Waals surface area contributed by atoms with Crippen LogP contribution in [0.4, 0.5) is 0 Å². The van der Waals surface area contributed by atoms with Gasteiger partial charge in [-0.3, -0.25) is 0 Å². The molecule has 0 aromatic heterocycles. The van der Waals surface area contributed by atoms with Crippen molar-refractivity contribution in [1.82, 2.24) is 0 Å². The lowest BCUT2D eigenvalue weighted by molar-refractivity contribution is 0.180. The van der Waals surface area contributed by atoms with Gasteiger partial charge in [0.1, 0.15) is 11.5 Å². The van der Waals surface area contributed by atoms with Crippen molar-refractivity contribution in [1.29, 1.82) is 0 Å². The second-order valence-electron chi connectivity index (χ2n) is 2.91. The molecule has 0 bridgehead atoms. The van der Waals surface area contributed by atoms with E-state index in [0.717, 1.165) is 0 Å². The number of benzene rings is 1. The maximum absolute atomic E-state index is 9.54. The van der Waals surface area contributed by atoms with E-state index >= 15 is 0 Å². The van der Waals surface area contributed by atoms with Crippen molar-refractivity contribution in [3.05, 3.63) is 23.8 Å². The fourth-order valence-corrected chi connectivity index (χ4v) is 1.21. The number of phenols is 1. The molecule has 14 heavy (non-hydrogen) atoms. The zero-order valence-electron chi connectivity index (χ0n) is 8.10. The summed E-state index contributed by atoms with van der Waals surface area (Å²) in [5.74, 6) is 0.590. The Kier molecular flexibility index (Phi) is 3.73. The average molecular weight is 197 g/mol. The monoisotopic (exact) mass is 197 g/mol. The molecule has 4 N–H and O–H groups in total. The number of aliphatic hydroxyl groups excluding tert-OH is 1. The molecule has 0 aliphatic rings. The average Bonchev–Trinajstić information content (AvgIpc) is 2.17. The molecule has 1 aromatic rings. The summed E-state index contributed by atoms with van der Waals surface area (Å²) in [4.78, 5) is 0. The van der Waals surface area contributed by atoms with Gasteiger partial charge in [0.2, 0.25) is 0 Å². The summed E-state index contributed by atoms with van der Waals surface area (Å²) < 4.78 is 5.27. The van der Waals surface area contributed by atoms with Crippen LogP contribution in [-0.2, 0) is 0 Å². The van der Waals surface area contributed by atoms with E-state index in [-0.39, 0.29) is 12.3 Å². The van der Waals surface area contributed by atoms with Gasteiger partial charge < -0.3 is 20.7 Å². The Morgan fingerprint density at radius 2 is 2.21 bits per heavy atom. The van der Waals surface area contributed by atoms with Crippen LogP contribution in [0.25, 0.3) is 0 Å². The lowest BCUT2D eigenvalue weighted by Crippen LogP contribution is -2.12. The highest BCUT2D eigenvalue weighted by Crippen LogP contribution is 2.28. The van der Waals surface area contributed by atoms with Gasteiger partial charge in [0.15, 0.2) is 0 Å². The number of phenolic OH excluding ortho intramolecular Hbond substituents is 1. The number of aromatic hydroxyl groups is 1. The molecule has 4 nitrogen and oxygen atoms in total. The van der Waals surface area contributed by atoms with Crippen LogP contribution in [-0.4, -0.2) is 23.4 Å². The lowest BCUT2D eigenvalue weighted by Gasteiger charge is -2.14. The van der Waals surface area contributed by atoms with Crippen LogP contribution in [0.1, 0.15) is 18.6 Å². The largest absolute Gasteiger partial charge is 0.508 e. The van der Waals surface area contributed by atoms with E-state index in [1.54, 1.807) is 6.07 Å². The molecule has 78 valence electrons. The van der Waals surface area contributed by atoms with Crippen LogP contribution in [0.2, 0.25) is 0 Å². The Balaban J connectivity index is 3.01. The van der Waals surface area contributed by atoms with E-state index in [0.29, 0.717) is 17.9 Å². The number of rotatable bonds is 4. The highest BCUT2D eigenvalue weighted by molar-refractivity contribution is 5.41. The van der Waals surface area contributed by atoms with Gasteiger partial charge in [0.05, 0.1) is 12.7 Å². The Morgan fingerprint density at radius 1 is 1.50 bits per heavy atom. The molecule has 0 spiro atoms. The molecule has 1 aromatic carbocycles. The summed E-state index contributed by atoms with van der Waals surface area (Å²) in [5, 5.41) is 18.8. The third-order valence-electron chi connectivity index (χ3n) is 1.88. The second kappa shape index (κ2) is 4.83. The minimum atomic E-state index is -0.753. The highest BCUT2D eigenvalue weighted by atomic mass is 16.5. The Bertz CT molecular complexity index is 301. The van der Waals surface area contributed by atoms with Crippen molar-refractivity contribution in [2.45, 2.75) is 13.0 Å².